The summed E-state index contributed by atoms with van der Waals surface area (Å²) in [5, 5.41) is 2.67. The Bertz CT molecular complexity index is 1220. The molecule has 1 saturated heterocycles. The lowest BCUT2D eigenvalue weighted by atomic mass is 9.95. The van der Waals surface area contributed by atoms with Crippen molar-refractivity contribution in [2.75, 3.05) is 40.4 Å². The molecule has 5 nitrogen and oxygen atoms in total. The molecule has 1 fully saturated rings. The molecule has 0 N–H and O–H groups in total. The van der Waals surface area contributed by atoms with Crippen molar-refractivity contribution in [1.82, 2.24) is 9.80 Å². The quantitative estimate of drug-likeness (QED) is 0.477. The molecule has 3 aromatic rings. The number of methoxy groups -OCH3 is 2. The van der Waals surface area contributed by atoms with Crippen molar-refractivity contribution in [3.8, 4) is 11.5 Å². The molecule has 2 aliphatic heterocycles. The van der Waals surface area contributed by atoms with Gasteiger partial charge < -0.3 is 14.4 Å². The third-order valence-corrected chi connectivity index (χ3v) is 7.77. The number of fused-ring (bicyclic) bond motifs is 2. The van der Waals surface area contributed by atoms with E-state index >= 15 is 0 Å². The largest absolute Gasteiger partial charge is 0.493 e. The third-order valence-electron chi connectivity index (χ3n) is 7.77. The topological polar surface area (TPSA) is 42.0 Å². The van der Waals surface area contributed by atoms with Crippen LogP contribution in [-0.2, 0) is 13.0 Å². The van der Waals surface area contributed by atoms with Crippen LogP contribution in [0.2, 0.25) is 0 Å². The van der Waals surface area contributed by atoms with Gasteiger partial charge in [-0.15, -0.1) is 0 Å². The zero-order chi connectivity index (χ0) is 24.4. The lowest BCUT2D eigenvalue weighted by Gasteiger charge is -2.33. The van der Waals surface area contributed by atoms with Crippen molar-refractivity contribution >= 4 is 16.7 Å². The Morgan fingerprint density at radius 2 is 1.77 bits per heavy atom. The summed E-state index contributed by atoms with van der Waals surface area (Å²) in [5.41, 5.74) is 4.60. The molecule has 0 saturated carbocycles. The minimum absolute atomic E-state index is 0.118. The van der Waals surface area contributed by atoms with E-state index in [-0.39, 0.29) is 5.91 Å². The fraction of sp³-hybridized carbons (Fsp3) is 0.433. The van der Waals surface area contributed by atoms with Crippen molar-refractivity contribution in [2.24, 2.45) is 5.92 Å². The molecule has 0 spiro atoms. The highest BCUT2D eigenvalue weighted by molar-refractivity contribution is 5.97. The van der Waals surface area contributed by atoms with Gasteiger partial charge in [0.15, 0.2) is 11.5 Å². The summed E-state index contributed by atoms with van der Waals surface area (Å²) in [4.78, 5) is 18.1. The normalized spacial score (nSPS) is 18.9. The number of rotatable bonds is 6. The van der Waals surface area contributed by atoms with Crippen LogP contribution in [0.4, 0.5) is 0 Å². The molecule has 1 amide bonds. The highest BCUT2D eigenvalue weighted by Gasteiger charge is 2.29. The number of carbonyl (C=O) groups is 1. The first-order valence-corrected chi connectivity index (χ1v) is 12.8. The van der Waals surface area contributed by atoms with Crippen LogP contribution < -0.4 is 9.47 Å². The molecular weight excluding hydrogens is 436 g/mol. The maximum atomic E-state index is 13.4. The van der Waals surface area contributed by atoms with Crippen molar-refractivity contribution in [1.29, 1.82) is 0 Å². The van der Waals surface area contributed by atoms with Gasteiger partial charge in [-0.2, -0.15) is 0 Å². The fourth-order valence-corrected chi connectivity index (χ4v) is 5.83. The second kappa shape index (κ2) is 10.3. The minimum atomic E-state index is 0.118. The van der Waals surface area contributed by atoms with Crippen molar-refractivity contribution < 1.29 is 14.3 Å². The molecule has 5 heteroatoms. The highest BCUT2D eigenvalue weighted by Crippen LogP contribution is 2.34. The van der Waals surface area contributed by atoms with E-state index < -0.39 is 0 Å². The van der Waals surface area contributed by atoms with Gasteiger partial charge in [0.1, 0.15) is 0 Å². The lowest BCUT2D eigenvalue weighted by molar-refractivity contribution is 0.0694. The number of nitrogens with zero attached hydrogens (tertiary/aromatic N) is 2. The number of carbonyl (C=O) groups excluding carboxylic acids is 1. The second-order valence-electron chi connectivity index (χ2n) is 10.0. The van der Waals surface area contributed by atoms with Crippen LogP contribution in [-0.4, -0.2) is 56.1 Å². The van der Waals surface area contributed by atoms with Gasteiger partial charge in [0.05, 0.1) is 14.2 Å². The van der Waals surface area contributed by atoms with Gasteiger partial charge in [-0.1, -0.05) is 42.8 Å². The maximum Gasteiger partial charge on any atom is 0.254 e. The van der Waals surface area contributed by atoms with E-state index in [2.05, 4.69) is 53.1 Å². The van der Waals surface area contributed by atoms with Crippen LogP contribution in [0.1, 0.15) is 46.3 Å². The molecule has 0 aromatic heterocycles. The number of likely N-dealkylation sites (tertiary alicyclic amines) is 1. The number of amides is 1. The average Bonchev–Trinajstić information content (AvgIpc) is 3.11. The summed E-state index contributed by atoms with van der Waals surface area (Å²) >= 11 is 0. The second-order valence-corrected chi connectivity index (χ2v) is 10.0. The summed E-state index contributed by atoms with van der Waals surface area (Å²) in [7, 11) is 3.26. The molecule has 5 rings (SSSR count). The van der Waals surface area contributed by atoms with E-state index in [1.54, 1.807) is 14.2 Å². The molecule has 0 bridgehead atoms. The monoisotopic (exact) mass is 472 g/mol. The van der Waals surface area contributed by atoms with E-state index in [4.69, 9.17) is 9.47 Å². The van der Waals surface area contributed by atoms with Crippen LogP contribution in [0.15, 0.2) is 48.5 Å². The maximum absolute atomic E-state index is 13.4. The van der Waals surface area contributed by atoms with Crippen molar-refractivity contribution in [2.45, 2.75) is 39.2 Å². The number of hydrogen-bond acceptors (Lipinski definition) is 4. The minimum Gasteiger partial charge on any atom is -0.493 e. The molecule has 184 valence electrons. The van der Waals surface area contributed by atoms with Crippen LogP contribution in [0.5, 0.6) is 11.5 Å². The van der Waals surface area contributed by atoms with Gasteiger partial charge in [0, 0.05) is 31.7 Å². The van der Waals surface area contributed by atoms with Gasteiger partial charge in [-0.05, 0) is 78.2 Å². The Labute approximate surface area is 208 Å². The first-order chi connectivity index (χ1) is 17.1. The van der Waals surface area contributed by atoms with Crippen molar-refractivity contribution in [3.63, 3.8) is 0 Å². The third kappa shape index (κ3) is 4.87. The Balaban J connectivity index is 1.31. The van der Waals surface area contributed by atoms with E-state index in [0.717, 1.165) is 50.3 Å². The van der Waals surface area contributed by atoms with E-state index in [9.17, 15) is 4.79 Å². The van der Waals surface area contributed by atoms with Gasteiger partial charge in [0.2, 0.25) is 0 Å². The van der Waals surface area contributed by atoms with E-state index in [1.165, 1.54) is 41.2 Å². The summed E-state index contributed by atoms with van der Waals surface area (Å²) in [6, 6.07) is 17.0. The zero-order valence-electron chi connectivity index (χ0n) is 21.2. The smallest absolute Gasteiger partial charge is 0.254 e. The fourth-order valence-electron chi connectivity index (χ4n) is 5.83. The number of hydrogen-bond donors (Lipinski definition) is 0. The summed E-state index contributed by atoms with van der Waals surface area (Å²) in [6.07, 6.45) is 4.47. The van der Waals surface area contributed by atoms with E-state index in [1.807, 2.05) is 12.1 Å². The number of ether oxygens (including phenoxy) is 2. The Kier molecular flexibility index (Phi) is 6.96. The van der Waals surface area contributed by atoms with Crippen LogP contribution in [0, 0.1) is 12.8 Å². The first kappa shape index (κ1) is 23.7. The Hall–Kier alpha value is -3.05. The molecule has 0 radical (unpaired) electrons. The highest BCUT2D eigenvalue weighted by atomic mass is 16.5. The molecule has 0 aliphatic carbocycles. The molecule has 2 heterocycles. The molecule has 1 unspecified atom stereocenters. The lowest BCUT2D eigenvalue weighted by Crippen LogP contribution is -2.42. The molecule has 2 aliphatic rings. The van der Waals surface area contributed by atoms with Crippen LogP contribution in [0.25, 0.3) is 10.8 Å². The Morgan fingerprint density at radius 1 is 0.971 bits per heavy atom. The SMILES string of the molecule is COc1cc2c(cc1OC)C(=O)N(CC1CCCCN(Cc3c(C)ccc4ccccc34)C1)CC2. The molecule has 35 heavy (non-hydrogen) atoms. The summed E-state index contributed by atoms with van der Waals surface area (Å²) in [6.45, 7) is 6.93. The summed E-state index contributed by atoms with van der Waals surface area (Å²) < 4.78 is 10.9. The zero-order valence-corrected chi connectivity index (χ0v) is 21.2. The first-order valence-electron chi connectivity index (χ1n) is 12.8. The molecular formula is C30H36N2O3. The number of benzene rings is 3. The number of aryl methyl sites for hydroxylation is 1. The standard InChI is InChI=1S/C30H36N2O3/c1-21-11-12-23-9-4-5-10-25(23)27(21)20-31-14-7-6-8-22(18-31)19-32-15-13-24-16-28(34-2)29(35-3)17-26(24)30(32)33/h4-5,9-12,16-17,22H,6-8,13-15,18-20H2,1-3H3. The van der Waals surface area contributed by atoms with E-state index in [0.29, 0.717) is 17.4 Å². The van der Waals surface area contributed by atoms with Crippen molar-refractivity contribution in [3.05, 3.63) is 70.8 Å². The molecule has 3 aromatic carbocycles. The van der Waals surface area contributed by atoms with Gasteiger partial charge in [0.25, 0.3) is 5.91 Å². The average molecular weight is 473 g/mol. The van der Waals surface area contributed by atoms with Gasteiger partial charge in [-0.3, -0.25) is 9.69 Å². The molecule has 1 atom stereocenters. The predicted molar refractivity (Wildman–Crippen MR) is 140 cm³/mol. The Morgan fingerprint density at radius 3 is 2.60 bits per heavy atom. The van der Waals surface area contributed by atoms with Gasteiger partial charge >= 0.3 is 0 Å². The summed E-state index contributed by atoms with van der Waals surface area (Å²) in [5.74, 6) is 1.91. The predicted octanol–water partition coefficient (Wildman–Crippen LogP) is 5.47. The van der Waals surface area contributed by atoms with Crippen LogP contribution in [0.3, 0.4) is 0 Å². The van der Waals surface area contributed by atoms with Gasteiger partial charge in [-0.25, -0.2) is 0 Å². The van der Waals surface area contributed by atoms with Crippen LogP contribution >= 0.6 is 0 Å².